The maximum Gasteiger partial charge on any atom is 0.262 e. The van der Waals surface area contributed by atoms with Crippen LogP contribution in [-0.4, -0.2) is 25.7 Å². The summed E-state index contributed by atoms with van der Waals surface area (Å²) in [4.78, 5) is 12.0. The standard InChI is InChI=1S/C18H19NO4/c1-2-13-4-3-5-15(10-13)23-12-18(20)19-14-6-7-16-17(11-14)22-9-8-21-16/h3-7,10-11H,2,8-9,12H2,1H3,(H,19,20). The highest BCUT2D eigenvalue weighted by Crippen LogP contribution is 2.32. The molecule has 0 unspecified atom stereocenters. The second kappa shape index (κ2) is 7.05. The molecule has 0 saturated carbocycles. The zero-order valence-corrected chi connectivity index (χ0v) is 13.0. The van der Waals surface area contributed by atoms with Gasteiger partial charge in [0.05, 0.1) is 0 Å². The van der Waals surface area contributed by atoms with E-state index < -0.39 is 0 Å². The number of ether oxygens (including phenoxy) is 3. The van der Waals surface area contributed by atoms with Crippen LogP contribution in [0.2, 0.25) is 0 Å². The Morgan fingerprint density at radius 2 is 1.96 bits per heavy atom. The van der Waals surface area contributed by atoms with Gasteiger partial charge in [0, 0.05) is 11.8 Å². The summed E-state index contributed by atoms with van der Waals surface area (Å²) < 4.78 is 16.5. The Balaban J connectivity index is 1.56. The van der Waals surface area contributed by atoms with Crippen molar-refractivity contribution in [3.05, 3.63) is 48.0 Å². The molecule has 0 aromatic heterocycles. The smallest absolute Gasteiger partial charge is 0.262 e. The second-order valence-electron chi connectivity index (χ2n) is 5.20. The van der Waals surface area contributed by atoms with E-state index in [9.17, 15) is 4.79 Å². The lowest BCUT2D eigenvalue weighted by atomic mass is 10.2. The minimum Gasteiger partial charge on any atom is -0.486 e. The van der Waals surface area contributed by atoms with Gasteiger partial charge in [-0.1, -0.05) is 19.1 Å². The van der Waals surface area contributed by atoms with Gasteiger partial charge in [-0.2, -0.15) is 0 Å². The fourth-order valence-electron chi connectivity index (χ4n) is 2.32. The van der Waals surface area contributed by atoms with E-state index in [0.29, 0.717) is 36.1 Å². The normalized spacial score (nSPS) is 12.6. The van der Waals surface area contributed by atoms with Gasteiger partial charge in [0.1, 0.15) is 19.0 Å². The topological polar surface area (TPSA) is 56.8 Å². The van der Waals surface area contributed by atoms with Gasteiger partial charge in [-0.3, -0.25) is 4.79 Å². The quantitative estimate of drug-likeness (QED) is 0.922. The van der Waals surface area contributed by atoms with E-state index in [0.717, 1.165) is 6.42 Å². The van der Waals surface area contributed by atoms with Gasteiger partial charge in [-0.25, -0.2) is 0 Å². The summed E-state index contributed by atoms with van der Waals surface area (Å²) in [7, 11) is 0. The highest BCUT2D eigenvalue weighted by molar-refractivity contribution is 5.92. The summed E-state index contributed by atoms with van der Waals surface area (Å²) in [6.07, 6.45) is 0.931. The van der Waals surface area contributed by atoms with Crippen molar-refractivity contribution >= 4 is 11.6 Å². The summed E-state index contributed by atoms with van der Waals surface area (Å²) in [5, 5.41) is 2.79. The molecule has 1 amide bonds. The van der Waals surface area contributed by atoms with Crippen molar-refractivity contribution in [2.75, 3.05) is 25.1 Å². The third kappa shape index (κ3) is 3.94. The number of rotatable bonds is 5. The van der Waals surface area contributed by atoms with Gasteiger partial charge in [-0.15, -0.1) is 0 Å². The second-order valence-corrected chi connectivity index (χ2v) is 5.20. The molecule has 2 aromatic rings. The van der Waals surface area contributed by atoms with Crippen molar-refractivity contribution in [3.63, 3.8) is 0 Å². The zero-order valence-electron chi connectivity index (χ0n) is 13.0. The van der Waals surface area contributed by atoms with E-state index >= 15 is 0 Å². The number of carbonyl (C=O) groups excluding carboxylic acids is 1. The van der Waals surface area contributed by atoms with Crippen LogP contribution in [0.15, 0.2) is 42.5 Å². The van der Waals surface area contributed by atoms with E-state index in [-0.39, 0.29) is 12.5 Å². The van der Waals surface area contributed by atoms with Crippen molar-refractivity contribution in [2.45, 2.75) is 13.3 Å². The number of benzene rings is 2. The number of aryl methyl sites for hydroxylation is 1. The van der Waals surface area contributed by atoms with Gasteiger partial charge in [0.25, 0.3) is 5.91 Å². The monoisotopic (exact) mass is 313 g/mol. The molecule has 23 heavy (non-hydrogen) atoms. The van der Waals surface area contributed by atoms with Crippen molar-refractivity contribution in [1.82, 2.24) is 0 Å². The van der Waals surface area contributed by atoms with E-state index in [4.69, 9.17) is 14.2 Å². The molecule has 1 aliphatic heterocycles. The van der Waals surface area contributed by atoms with Crippen molar-refractivity contribution < 1.29 is 19.0 Å². The summed E-state index contributed by atoms with van der Waals surface area (Å²) in [6, 6.07) is 13.1. The molecular formula is C18H19NO4. The van der Waals surface area contributed by atoms with Gasteiger partial charge in [0.2, 0.25) is 0 Å². The van der Waals surface area contributed by atoms with Gasteiger partial charge in [0.15, 0.2) is 18.1 Å². The Morgan fingerprint density at radius 3 is 2.78 bits per heavy atom. The van der Waals surface area contributed by atoms with Crippen LogP contribution in [0.25, 0.3) is 0 Å². The van der Waals surface area contributed by atoms with E-state index in [2.05, 4.69) is 12.2 Å². The van der Waals surface area contributed by atoms with Crippen LogP contribution in [0.4, 0.5) is 5.69 Å². The van der Waals surface area contributed by atoms with Gasteiger partial charge < -0.3 is 19.5 Å². The number of amides is 1. The van der Waals surface area contributed by atoms with Crippen molar-refractivity contribution in [2.24, 2.45) is 0 Å². The summed E-state index contributed by atoms with van der Waals surface area (Å²) in [6.45, 7) is 3.10. The molecule has 0 aliphatic carbocycles. The lowest BCUT2D eigenvalue weighted by Gasteiger charge is -2.19. The Labute approximate surface area is 135 Å². The number of carbonyl (C=O) groups is 1. The molecule has 0 atom stereocenters. The minimum absolute atomic E-state index is 0.0401. The number of nitrogens with one attached hydrogen (secondary N) is 1. The molecule has 3 rings (SSSR count). The zero-order chi connectivity index (χ0) is 16.1. The third-order valence-corrected chi connectivity index (χ3v) is 3.50. The first-order valence-corrected chi connectivity index (χ1v) is 7.66. The number of hydrogen-bond donors (Lipinski definition) is 1. The van der Waals surface area contributed by atoms with Crippen molar-refractivity contribution in [1.29, 1.82) is 0 Å². The number of fused-ring (bicyclic) bond motifs is 1. The van der Waals surface area contributed by atoms with Gasteiger partial charge >= 0.3 is 0 Å². The molecular weight excluding hydrogens is 294 g/mol. The molecule has 0 fully saturated rings. The molecule has 2 aromatic carbocycles. The van der Waals surface area contributed by atoms with Gasteiger partial charge in [-0.05, 0) is 36.2 Å². The third-order valence-electron chi connectivity index (χ3n) is 3.50. The average Bonchev–Trinajstić information content (AvgIpc) is 2.60. The first-order chi connectivity index (χ1) is 11.2. The van der Waals surface area contributed by atoms with Crippen LogP contribution >= 0.6 is 0 Å². The molecule has 1 aliphatic rings. The van der Waals surface area contributed by atoms with E-state index in [1.807, 2.05) is 24.3 Å². The fraction of sp³-hybridized carbons (Fsp3) is 0.278. The van der Waals surface area contributed by atoms with Crippen LogP contribution < -0.4 is 19.5 Å². The largest absolute Gasteiger partial charge is 0.486 e. The Hall–Kier alpha value is -2.69. The SMILES string of the molecule is CCc1cccc(OCC(=O)Nc2ccc3c(c2)OCCO3)c1. The van der Waals surface area contributed by atoms with Crippen LogP contribution in [0.5, 0.6) is 17.2 Å². The average molecular weight is 313 g/mol. The highest BCUT2D eigenvalue weighted by Gasteiger charge is 2.13. The lowest BCUT2D eigenvalue weighted by molar-refractivity contribution is -0.118. The predicted molar refractivity (Wildman–Crippen MR) is 87.4 cm³/mol. The molecule has 120 valence electrons. The molecule has 5 heteroatoms. The summed E-state index contributed by atoms with van der Waals surface area (Å²) in [5.41, 5.74) is 1.83. The van der Waals surface area contributed by atoms with Crippen molar-refractivity contribution in [3.8, 4) is 17.2 Å². The van der Waals surface area contributed by atoms with Crippen LogP contribution in [-0.2, 0) is 11.2 Å². The number of anilines is 1. The summed E-state index contributed by atoms with van der Waals surface area (Å²) in [5.74, 6) is 1.82. The Kier molecular flexibility index (Phi) is 4.66. The molecule has 1 heterocycles. The molecule has 5 nitrogen and oxygen atoms in total. The Morgan fingerprint density at radius 1 is 1.13 bits per heavy atom. The molecule has 0 saturated heterocycles. The minimum atomic E-state index is -0.219. The maximum absolute atomic E-state index is 12.0. The van der Waals surface area contributed by atoms with E-state index in [1.165, 1.54) is 5.56 Å². The number of hydrogen-bond acceptors (Lipinski definition) is 4. The molecule has 0 bridgehead atoms. The van der Waals surface area contributed by atoms with E-state index in [1.54, 1.807) is 18.2 Å². The first kappa shape index (κ1) is 15.2. The fourth-order valence-corrected chi connectivity index (χ4v) is 2.32. The van der Waals surface area contributed by atoms with Crippen LogP contribution in [0, 0.1) is 0 Å². The van der Waals surface area contributed by atoms with Crippen LogP contribution in [0.3, 0.4) is 0 Å². The molecule has 1 N–H and O–H groups in total. The Bertz CT molecular complexity index is 699. The highest BCUT2D eigenvalue weighted by atomic mass is 16.6. The first-order valence-electron chi connectivity index (χ1n) is 7.66. The van der Waals surface area contributed by atoms with Crippen LogP contribution in [0.1, 0.15) is 12.5 Å². The molecule has 0 spiro atoms. The maximum atomic E-state index is 12.0. The lowest BCUT2D eigenvalue weighted by Crippen LogP contribution is -2.20. The predicted octanol–water partition coefficient (Wildman–Crippen LogP) is 3.04. The summed E-state index contributed by atoms with van der Waals surface area (Å²) >= 11 is 0. The molecule has 0 radical (unpaired) electrons.